The minimum atomic E-state index is -0.706. The summed E-state index contributed by atoms with van der Waals surface area (Å²) in [6.45, 7) is 0. The Morgan fingerprint density at radius 3 is 2.14 bits per heavy atom. The maximum Gasteiger partial charge on any atom is 0.316 e. The van der Waals surface area contributed by atoms with Crippen LogP contribution in [-0.2, 0) is 14.1 Å². The number of nitro groups is 1. The van der Waals surface area contributed by atoms with Gasteiger partial charge in [-0.1, -0.05) is 0 Å². The molecule has 1 aliphatic rings. The van der Waals surface area contributed by atoms with Gasteiger partial charge >= 0.3 is 11.1 Å². The Hall–Kier alpha value is -2.64. The van der Waals surface area contributed by atoms with Crippen LogP contribution < -0.4 is 16.4 Å². The summed E-state index contributed by atoms with van der Waals surface area (Å²) in [4.78, 5) is 34.4. The van der Waals surface area contributed by atoms with E-state index in [2.05, 4.69) is 5.32 Å². The lowest BCUT2D eigenvalue weighted by molar-refractivity contribution is -0.383. The Balaban J connectivity index is 2.37. The van der Waals surface area contributed by atoms with Crippen molar-refractivity contribution in [3.63, 3.8) is 0 Å². The molecule has 0 bridgehead atoms. The van der Waals surface area contributed by atoms with Crippen molar-refractivity contribution in [3.8, 4) is 0 Å². The number of benzene rings is 1. The van der Waals surface area contributed by atoms with E-state index in [0.717, 1.165) is 17.4 Å². The first-order valence-corrected chi connectivity index (χ1v) is 6.55. The molecule has 0 radical (unpaired) electrons. The van der Waals surface area contributed by atoms with E-state index in [9.17, 15) is 19.7 Å². The maximum absolute atomic E-state index is 11.8. The number of hydrogen-bond donors (Lipinski definition) is 1. The summed E-state index contributed by atoms with van der Waals surface area (Å²) < 4.78 is 2.37. The summed E-state index contributed by atoms with van der Waals surface area (Å²) in [5, 5.41) is 14.3. The van der Waals surface area contributed by atoms with Crippen molar-refractivity contribution in [1.82, 2.24) is 9.13 Å². The molecule has 2 aromatic rings. The molecule has 0 aliphatic heterocycles. The lowest BCUT2D eigenvalue weighted by atomic mass is 10.2. The molecule has 1 aromatic carbocycles. The molecule has 1 aliphatic carbocycles. The van der Waals surface area contributed by atoms with Crippen LogP contribution in [0.3, 0.4) is 0 Å². The van der Waals surface area contributed by atoms with Crippen LogP contribution in [0.5, 0.6) is 0 Å². The van der Waals surface area contributed by atoms with Gasteiger partial charge in [-0.15, -0.1) is 0 Å². The van der Waals surface area contributed by atoms with E-state index >= 15 is 0 Å². The van der Waals surface area contributed by atoms with E-state index < -0.39 is 16.0 Å². The summed E-state index contributed by atoms with van der Waals surface area (Å²) >= 11 is 0. The zero-order chi connectivity index (χ0) is 15.3. The highest BCUT2D eigenvalue weighted by Gasteiger charge is 2.26. The SMILES string of the molecule is Cn1c(=O)c(=O)n(C)c2cc([N+](=O)[O-])c(NC3CC3)cc21. The van der Waals surface area contributed by atoms with Crippen LogP contribution in [0.25, 0.3) is 11.0 Å². The van der Waals surface area contributed by atoms with E-state index in [-0.39, 0.29) is 11.7 Å². The van der Waals surface area contributed by atoms with Gasteiger partial charge in [-0.25, -0.2) is 0 Å². The number of hydrogen-bond acceptors (Lipinski definition) is 5. The number of nitrogens with one attached hydrogen (secondary N) is 1. The molecule has 1 N–H and O–H groups in total. The molecule has 1 aromatic heterocycles. The Bertz CT molecular complexity index is 876. The lowest BCUT2D eigenvalue weighted by Gasteiger charge is -2.12. The van der Waals surface area contributed by atoms with Gasteiger partial charge in [0.15, 0.2) is 0 Å². The standard InChI is InChI=1S/C13H14N4O4/c1-15-10-5-8(14-7-3-4-7)9(17(20)21)6-11(10)16(2)13(19)12(15)18/h5-7,14H,3-4H2,1-2H3. The van der Waals surface area contributed by atoms with Gasteiger partial charge < -0.3 is 14.5 Å². The average Bonchev–Trinajstić information content (AvgIpc) is 3.26. The van der Waals surface area contributed by atoms with Crippen molar-refractivity contribution in [1.29, 1.82) is 0 Å². The Morgan fingerprint density at radius 1 is 1.14 bits per heavy atom. The third-order valence-corrected chi connectivity index (χ3v) is 3.74. The topological polar surface area (TPSA) is 99.2 Å². The number of aromatic nitrogens is 2. The first kappa shape index (κ1) is 13.3. The summed E-state index contributed by atoms with van der Waals surface area (Å²) in [5.41, 5.74) is -0.240. The van der Waals surface area contributed by atoms with Crippen molar-refractivity contribution in [2.45, 2.75) is 18.9 Å². The summed E-state index contributed by atoms with van der Waals surface area (Å²) in [5.74, 6) is 0. The monoisotopic (exact) mass is 290 g/mol. The van der Waals surface area contributed by atoms with Crippen molar-refractivity contribution in [3.05, 3.63) is 43.0 Å². The molecule has 0 saturated heterocycles. The predicted octanol–water partition coefficient (Wildman–Crippen LogP) is 0.720. The predicted molar refractivity (Wildman–Crippen MR) is 77.7 cm³/mol. The second-order valence-corrected chi connectivity index (χ2v) is 5.26. The fourth-order valence-electron chi connectivity index (χ4n) is 2.32. The molecule has 21 heavy (non-hydrogen) atoms. The minimum absolute atomic E-state index is 0.0944. The first-order valence-electron chi connectivity index (χ1n) is 6.55. The van der Waals surface area contributed by atoms with E-state index in [1.807, 2.05) is 0 Å². The zero-order valence-electron chi connectivity index (χ0n) is 11.6. The van der Waals surface area contributed by atoms with E-state index in [0.29, 0.717) is 16.7 Å². The fraction of sp³-hybridized carbons (Fsp3) is 0.385. The number of nitro benzene ring substituents is 1. The van der Waals surface area contributed by atoms with Crippen LogP contribution >= 0.6 is 0 Å². The fourth-order valence-corrected chi connectivity index (χ4v) is 2.32. The molecule has 3 rings (SSSR count). The van der Waals surface area contributed by atoms with Crippen LogP contribution in [-0.4, -0.2) is 20.1 Å². The van der Waals surface area contributed by atoms with Crippen LogP contribution in [0, 0.1) is 10.1 Å². The number of nitrogens with zero attached hydrogens (tertiary/aromatic N) is 3. The first-order chi connectivity index (χ1) is 9.90. The smallest absolute Gasteiger partial charge is 0.316 e. The van der Waals surface area contributed by atoms with Gasteiger partial charge in [-0.2, -0.15) is 0 Å². The van der Waals surface area contributed by atoms with Crippen LogP contribution in [0.2, 0.25) is 0 Å². The maximum atomic E-state index is 11.8. The quantitative estimate of drug-likeness (QED) is 0.510. The highest BCUT2D eigenvalue weighted by Crippen LogP contribution is 2.33. The molecule has 1 heterocycles. The second-order valence-electron chi connectivity index (χ2n) is 5.26. The van der Waals surface area contributed by atoms with Gasteiger partial charge in [0.1, 0.15) is 5.69 Å². The Kier molecular flexibility index (Phi) is 2.82. The van der Waals surface area contributed by atoms with Gasteiger partial charge in [0.05, 0.1) is 16.0 Å². The third kappa shape index (κ3) is 2.08. The van der Waals surface area contributed by atoms with Crippen molar-refractivity contribution in [2.75, 3.05) is 5.32 Å². The van der Waals surface area contributed by atoms with Gasteiger partial charge in [-0.05, 0) is 18.9 Å². The number of aryl methyl sites for hydroxylation is 2. The molecule has 110 valence electrons. The highest BCUT2D eigenvalue weighted by molar-refractivity contribution is 5.85. The summed E-state index contributed by atoms with van der Waals surface area (Å²) in [6, 6.07) is 3.14. The molecule has 8 heteroatoms. The normalized spacial score (nSPS) is 14.4. The summed E-state index contributed by atoms with van der Waals surface area (Å²) in [7, 11) is 2.92. The Morgan fingerprint density at radius 2 is 1.67 bits per heavy atom. The number of anilines is 1. The highest BCUT2D eigenvalue weighted by atomic mass is 16.6. The van der Waals surface area contributed by atoms with Crippen molar-refractivity contribution < 1.29 is 4.92 Å². The largest absolute Gasteiger partial charge is 0.377 e. The van der Waals surface area contributed by atoms with Gasteiger partial charge in [-0.3, -0.25) is 19.7 Å². The van der Waals surface area contributed by atoms with Gasteiger partial charge in [0, 0.05) is 26.2 Å². The molecule has 0 spiro atoms. The number of rotatable bonds is 3. The van der Waals surface area contributed by atoms with Gasteiger partial charge in [0.25, 0.3) is 5.69 Å². The summed E-state index contributed by atoms with van der Waals surface area (Å²) in [6.07, 6.45) is 1.95. The van der Waals surface area contributed by atoms with Crippen LogP contribution in [0.1, 0.15) is 12.8 Å². The Labute approximate surface area is 118 Å². The molecule has 0 atom stereocenters. The molecule has 1 fully saturated rings. The average molecular weight is 290 g/mol. The molecule has 1 saturated carbocycles. The second kappa shape index (κ2) is 4.44. The van der Waals surface area contributed by atoms with Crippen molar-refractivity contribution in [2.24, 2.45) is 14.1 Å². The molecule has 8 nitrogen and oxygen atoms in total. The molecular weight excluding hydrogens is 276 g/mol. The van der Waals surface area contributed by atoms with Crippen LogP contribution in [0.15, 0.2) is 21.7 Å². The minimum Gasteiger partial charge on any atom is -0.377 e. The third-order valence-electron chi connectivity index (χ3n) is 3.74. The van der Waals surface area contributed by atoms with Crippen molar-refractivity contribution >= 4 is 22.4 Å². The lowest BCUT2D eigenvalue weighted by Crippen LogP contribution is -2.39. The molecular formula is C13H14N4O4. The molecule has 0 unspecified atom stereocenters. The van der Waals surface area contributed by atoms with E-state index in [4.69, 9.17) is 0 Å². The van der Waals surface area contributed by atoms with Gasteiger partial charge in [0.2, 0.25) is 0 Å². The molecule has 0 amide bonds. The van der Waals surface area contributed by atoms with E-state index in [1.165, 1.54) is 24.7 Å². The number of fused-ring (bicyclic) bond motifs is 1. The zero-order valence-corrected chi connectivity index (χ0v) is 11.6. The van der Waals surface area contributed by atoms with Crippen LogP contribution in [0.4, 0.5) is 11.4 Å². The van der Waals surface area contributed by atoms with E-state index in [1.54, 1.807) is 6.07 Å².